The number of carbonyl (C=O) groups is 1. The number of nitrogens with zero attached hydrogens (tertiary/aromatic N) is 1. The van der Waals surface area contributed by atoms with Crippen LogP contribution < -0.4 is 10.0 Å². The van der Waals surface area contributed by atoms with E-state index in [1.165, 1.54) is 23.4 Å². The van der Waals surface area contributed by atoms with Crippen molar-refractivity contribution in [3.63, 3.8) is 0 Å². The number of aryl methyl sites for hydroxylation is 2. The number of carbonyl (C=O) groups excluding carboxylic acids is 1. The lowest BCUT2D eigenvalue weighted by Crippen LogP contribution is -2.28. The molecular formula is C31H28N2O3. The zero-order chi connectivity index (χ0) is 25.2. The molecule has 0 saturated carbocycles. The van der Waals surface area contributed by atoms with E-state index in [4.69, 9.17) is 0 Å². The first kappa shape index (κ1) is 23.4. The van der Waals surface area contributed by atoms with Crippen LogP contribution in [0.25, 0.3) is 28.5 Å². The number of fused-ring (bicyclic) bond motifs is 1. The Morgan fingerprint density at radius 2 is 1.72 bits per heavy atom. The molecule has 1 aromatic heterocycles. The smallest absolute Gasteiger partial charge is 0.251 e. The van der Waals surface area contributed by atoms with Crippen LogP contribution >= 0.6 is 0 Å². The molecule has 2 N–H and O–H groups in total. The first-order valence-electron chi connectivity index (χ1n) is 12.1. The molecule has 180 valence electrons. The van der Waals surface area contributed by atoms with Crippen LogP contribution in [-0.4, -0.2) is 11.0 Å². The number of phenols is 1. The van der Waals surface area contributed by atoms with E-state index in [0.717, 1.165) is 29.5 Å². The Morgan fingerprint density at radius 1 is 0.944 bits per heavy atom. The van der Waals surface area contributed by atoms with Crippen molar-refractivity contribution in [2.24, 2.45) is 0 Å². The summed E-state index contributed by atoms with van der Waals surface area (Å²) in [5.41, 5.74) is 8.44. The van der Waals surface area contributed by atoms with E-state index >= 15 is 0 Å². The molecule has 1 aliphatic carbocycles. The van der Waals surface area contributed by atoms with Gasteiger partial charge in [0, 0.05) is 23.4 Å². The van der Waals surface area contributed by atoms with Crippen molar-refractivity contribution in [3.8, 4) is 28.1 Å². The summed E-state index contributed by atoms with van der Waals surface area (Å²) in [6.07, 6.45) is 5.85. The third-order valence-electron chi connectivity index (χ3n) is 6.82. The van der Waals surface area contributed by atoms with Gasteiger partial charge in [0.2, 0.25) is 5.69 Å². The van der Waals surface area contributed by atoms with Crippen molar-refractivity contribution in [1.29, 1.82) is 0 Å². The molecule has 5 rings (SSSR count). The molecule has 0 radical (unpaired) electrons. The Kier molecular flexibility index (Phi) is 6.30. The summed E-state index contributed by atoms with van der Waals surface area (Å²) in [5.74, 6) is -0.182. The van der Waals surface area contributed by atoms with E-state index < -0.39 is 0 Å². The fourth-order valence-electron chi connectivity index (χ4n) is 4.77. The summed E-state index contributed by atoms with van der Waals surface area (Å²) in [5, 5.41) is 25.8. The topological polar surface area (TPSA) is 76.3 Å². The molecule has 0 fully saturated rings. The Labute approximate surface area is 211 Å². The molecule has 1 heterocycles. The van der Waals surface area contributed by atoms with Crippen molar-refractivity contribution in [2.45, 2.75) is 33.1 Å². The first-order chi connectivity index (χ1) is 17.4. The molecular weight excluding hydrogens is 448 g/mol. The summed E-state index contributed by atoms with van der Waals surface area (Å²) in [6, 6.07) is 23.1. The molecule has 4 aromatic rings. The fourth-order valence-corrected chi connectivity index (χ4v) is 4.77. The molecule has 3 aromatic carbocycles. The number of hydrogen-bond donors (Lipinski definition) is 2. The maximum absolute atomic E-state index is 13.4. The van der Waals surface area contributed by atoms with Gasteiger partial charge in [-0.05, 0) is 91.3 Å². The fraction of sp³-hybridized carbons (Fsp3) is 0.161. The third-order valence-corrected chi connectivity index (χ3v) is 6.82. The number of phenolic OH excluding ortho intramolecular Hbond substituents is 1. The van der Waals surface area contributed by atoms with Crippen molar-refractivity contribution >= 4 is 17.7 Å². The van der Waals surface area contributed by atoms with Gasteiger partial charge in [0.05, 0.1) is 5.56 Å². The van der Waals surface area contributed by atoms with Gasteiger partial charge in [-0.15, -0.1) is 0 Å². The number of anilines is 1. The van der Waals surface area contributed by atoms with E-state index in [2.05, 4.69) is 54.7 Å². The minimum atomic E-state index is -0.175. The molecule has 1 aliphatic rings. The SMILES string of the molecule is Cc1ccc(-c2ccc3c(c2)C=C(C(=O)Nc2ccc(O)c(-c4cccc[n+]4[O-])c2C)CCC3)cc1. The summed E-state index contributed by atoms with van der Waals surface area (Å²) in [6.45, 7) is 3.87. The Bertz CT molecular complexity index is 1490. The highest BCUT2D eigenvalue weighted by Crippen LogP contribution is 2.35. The number of amides is 1. The molecule has 0 aliphatic heterocycles. The van der Waals surface area contributed by atoms with Gasteiger partial charge < -0.3 is 15.6 Å². The zero-order valence-corrected chi connectivity index (χ0v) is 20.4. The van der Waals surface area contributed by atoms with Crippen molar-refractivity contribution in [1.82, 2.24) is 0 Å². The van der Waals surface area contributed by atoms with Crippen LogP contribution in [-0.2, 0) is 11.2 Å². The normalized spacial score (nSPS) is 12.9. The number of aromatic nitrogens is 1. The van der Waals surface area contributed by atoms with E-state index in [9.17, 15) is 15.1 Å². The molecule has 0 spiro atoms. The largest absolute Gasteiger partial charge is 0.618 e. The van der Waals surface area contributed by atoms with E-state index in [-0.39, 0.29) is 11.7 Å². The molecule has 5 nitrogen and oxygen atoms in total. The molecule has 36 heavy (non-hydrogen) atoms. The predicted molar refractivity (Wildman–Crippen MR) is 143 cm³/mol. The van der Waals surface area contributed by atoms with Crippen LogP contribution in [0.15, 0.2) is 84.6 Å². The molecule has 0 saturated heterocycles. The van der Waals surface area contributed by atoms with Crippen molar-refractivity contribution in [3.05, 3.63) is 112 Å². The van der Waals surface area contributed by atoms with Crippen LogP contribution in [0.1, 0.15) is 35.1 Å². The highest BCUT2D eigenvalue weighted by atomic mass is 16.5. The number of benzene rings is 3. The quantitative estimate of drug-likeness (QED) is 0.205. The van der Waals surface area contributed by atoms with Crippen LogP contribution in [0.3, 0.4) is 0 Å². The standard InChI is InChI=1S/C31H28N2O3/c1-20-9-11-23(12-10-20)24-14-13-22-6-5-7-25(19-26(22)18-24)31(35)32-27-15-16-29(34)30(21(27)2)28-8-3-4-17-33(28)36/h3-4,8-19,34H,5-7H2,1-2H3,(H,32,35). The number of aromatic hydroxyl groups is 1. The average Bonchev–Trinajstić information content (AvgIpc) is 3.09. The zero-order valence-electron chi connectivity index (χ0n) is 20.4. The molecule has 0 bridgehead atoms. The molecule has 0 atom stereocenters. The minimum Gasteiger partial charge on any atom is -0.618 e. The van der Waals surface area contributed by atoms with Gasteiger partial charge in [-0.3, -0.25) is 4.79 Å². The lowest BCUT2D eigenvalue weighted by atomic mass is 9.97. The predicted octanol–water partition coefficient (Wildman–Crippen LogP) is 6.33. The van der Waals surface area contributed by atoms with Gasteiger partial charge in [-0.2, -0.15) is 4.73 Å². The average molecular weight is 477 g/mol. The Hall–Kier alpha value is -4.38. The third kappa shape index (κ3) is 4.60. The lowest BCUT2D eigenvalue weighted by Gasteiger charge is -2.15. The molecule has 0 unspecified atom stereocenters. The van der Waals surface area contributed by atoms with Gasteiger partial charge in [-0.25, -0.2) is 0 Å². The second-order valence-electron chi connectivity index (χ2n) is 9.30. The van der Waals surface area contributed by atoms with E-state index in [1.807, 2.05) is 6.08 Å². The first-order valence-corrected chi connectivity index (χ1v) is 12.1. The Morgan fingerprint density at radius 3 is 2.50 bits per heavy atom. The van der Waals surface area contributed by atoms with Crippen LogP contribution in [0.2, 0.25) is 0 Å². The number of rotatable bonds is 4. The van der Waals surface area contributed by atoms with Gasteiger partial charge in [0.25, 0.3) is 5.91 Å². The maximum Gasteiger partial charge on any atom is 0.251 e. The minimum absolute atomic E-state index is 0.00690. The van der Waals surface area contributed by atoms with Gasteiger partial charge in [0.1, 0.15) is 5.75 Å². The number of hydrogen-bond acceptors (Lipinski definition) is 3. The Balaban J connectivity index is 1.46. The van der Waals surface area contributed by atoms with Gasteiger partial charge in [0.15, 0.2) is 6.20 Å². The second kappa shape index (κ2) is 9.70. The summed E-state index contributed by atoms with van der Waals surface area (Å²) < 4.78 is 0.712. The molecule has 5 heteroatoms. The van der Waals surface area contributed by atoms with E-state index in [1.54, 1.807) is 31.2 Å². The number of nitrogens with one attached hydrogen (secondary N) is 1. The summed E-state index contributed by atoms with van der Waals surface area (Å²) in [4.78, 5) is 13.4. The summed E-state index contributed by atoms with van der Waals surface area (Å²) in [7, 11) is 0. The van der Waals surface area contributed by atoms with Gasteiger partial charge in [-0.1, -0.05) is 42.0 Å². The van der Waals surface area contributed by atoms with Crippen LogP contribution in [0, 0.1) is 19.1 Å². The number of pyridine rings is 1. The monoisotopic (exact) mass is 476 g/mol. The highest BCUT2D eigenvalue weighted by Gasteiger charge is 2.21. The highest BCUT2D eigenvalue weighted by molar-refractivity contribution is 6.07. The van der Waals surface area contributed by atoms with Gasteiger partial charge >= 0.3 is 0 Å². The van der Waals surface area contributed by atoms with Crippen molar-refractivity contribution in [2.75, 3.05) is 5.32 Å². The van der Waals surface area contributed by atoms with Crippen molar-refractivity contribution < 1.29 is 14.6 Å². The maximum atomic E-state index is 13.4. The molecule has 1 amide bonds. The summed E-state index contributed by atoms with van der Waals surface area (Å²) >= 11 is 0. The second-order valence-corrected chi connectivity index (χ2v) is 9.30. The van der Waals surface area contributed by atoms with Crippen LogP contribution in [0.5, 0.6) is 5.75 Å². The lowest BCUT2D eigenvalue weighted by molar-refractivity contribution is -0.593. The van der Waals surface area contributed by atoms with E-state index in [0.29, 0.717) is 39.2 Å². The van der Waals surface area contributed by atoms with Crippen LogP contribution in [0.4, 0.5) is 5.69 Å².